The van der Waals surface area contributed by atoms with E-state index in [1.807, 2.05) is 4.90 Å². The Hall–Kier alpha value is -1.75. The molecule has 5 nitrogen and oxygen atoms in total. The first-order chi connectivity index (χ1) is 12.3. The standard InChI is InChI=1S/C14H24N4O.C7H16/c1-9-5-13(18(8-9)11(3)6-15)14(19)17-7-10(2)12(4)16;1-3-5-7-6-4-2/h9,13H,2-8,15-16H2,1H3,(H,17,19);3-7H2,1-2H3. The highest BCUT2D eigenvalue weighted by Gasteiger charge is 2.34. The largest absolute Gasteiger partial charge is 0.399 e. The molecule has 2 unspecified atom stereocenters. The number of nitrogens with zero attached hydrogens (tertiary/aromatic N) is 1. The van der Waals surface area contributed by atoms with Crippen molar-refractivity contribution in [2.45, 2.75) is 65.3 Å². The predicted octanol–water partition coefficient (Wildman–Crippen LogP) is 3.29. The first kappa shape index (κ1) is 24.2. The molecule has 0 bridgehead atoms. The number of rotatable bonds is 10. The molecule has 1 aliphatic rings. The highest BCUT2D eigenvalue weighted by molar-refractivity contribution is 5.82. The molecule has 0 aliphatic carbocycles. The van der Waals surface area contributed by atoms with Gasteiger partial charge in [-0.25, -0.2) is 0 Å². The molecule has 5 heteroatoms. The Morgan fingerprint density at radius 1 is 1.15 bits per heavy atom. The highest BCUT2D eigenvalue weighted by atomic mass is 16.2. The minimum atomic E-state index is -0.204. The molecule has 26 heavy (non-hydrogen) atoms. The summed E-state index contributed by atoms with van der Waals surface area (Å²) in [5, 5.41) is 2.83. The second-order valence-electron chi connectivity index (χ2n) is 7.19. The molecule has 5 N–H and O–H groups in total. The van der Waals surface area contributed by atoms with Crippen LogP contribution in [0.25, 0.3) is 0 Å². The summed E-state index contributed by atoms with van der Waals surface area (Å²) in [5.41, 5.74) is 12.9. The summed E-state index contributed by atoms with van der Waals surface area (Å²) in [7, 11) is 0. The summed E-state index contributed by atoms with van der Waals surface area (Å²) in [6.07, 6.45) is 7.82. The van der Waals surface area contributed by atoms with Gasteiger partial charge in [0.15, 0.2) is 0 Å². The van der Waals surface area contributed by atoms with Crippen molar-refractivity contribution in [1.29, 1.82) is 0 Å². The lowest BCUT2D eigenvalue weighted by molar-refractivity contribution is -0.124. The molecule has 0 radical (unpaired) electrons. The van der Waals surface area contributed by atoms with Crippen molar-refractivity contribution >= 4 is 5.91 Å². The molecule has 1 fully saturated rings. The summed E-state index contributed by atoms with van der Waals surface area (Å²) in [5.74, 6) is 0.410. The Labute approximate surface area is 160 Å². The van der Waals surface area contributed by atoms with Gasteiger partial charge in [-0.2, -0.15) is 0 Å². The van der Waals surface area contributed by atoms with Crippen molar-refractivity contribution < 1.29 is 4.79 Å². The number of nitrogens with two attached hydrogens (primary N) is 2. The molecule has 0 aromatic heterocycles. The van der Waals surface area contributed by atoms with Gasteiger partial charge in [-0.15, -0.1) is 0 Å². The Kier molecular flexibility index (Phi) is 12.5. The second-order valence-corrected chi connectivity index (χ2v) is 7.19. The quantitative estimate of drug-likeness (QED) is 0.410. The van der Waals surface area contributed by atoms with Crippen LogP contribution in [-0.2, 0) is 4.79 Å². The highest BCUT2D eigenvalue weighted by Crippen LogP contribution is 2.25. The van der Waals surface area contributed by atoms with Gasteiger partial charge in [0.2, 0.25) is 5.91 Å². The minimum Gasteiger partial charge on any atom is -0.399 e. The summed E-state index contributed by atoms with van der Waals surface area (Å²) < 4.78 is 0. The maximum absolute atomic E-state index is 12.2. The van der Waals surface area contributed by atoms with Crippen LogP contribution in [0.1, 0.15) is 59.3 Å². The van der Waals surface area contributed by atoms with Gasteiger partial charge in [-0.3, -0.25) is 4.79 Å². The number of hydrogen-bond donors (Lipinski definition) is 3. The first-order valence-electron chi connectivity index (χ1n) is 9.83. The second kappa shape index (κ2) is 13.5. The number of unbranched alkanes of at least 4 members (excludes halogenated alkanes) is 4. The van der Waals surface area contributed by atoms with E-state index in [9.17, 15) is 4.79 Å². The molecule has 150 valence electrons. The van der Waals surface area contributed by atoms with Crippen LogP contribution in [-0.4, -0.2) is 36.5 Å². The summed E-state index contributed by atoms with van der Waals surface area (Å²) >= 11 is 0. The predicted molar refractivity (Wildman–Crippen MR) is 112 cm³/mol. The van der Waals surface area contributed by atoms with E-state index < -0.39 is 0 Å². The summed E-state index contributed by atoms with van der Waals surface area (Å²) in [6.45, 7) is 19.4. The van der Waals surface area contributed by atoms with E-state index in [4.69, 9.17) is 11.5 Å². The third-order valence-electron chi connectivity index (χ3n) is 4.59. The van der Waals surface area contributed by atoms with E-state index in [1.165, 1.54) is 32.1 Å². The van der Waals surface area contributed by atoms with E-state index in [-0.39, 0.29) is 11.9 Å². The Bertz CT molecular complexity index is 469. The molecule has 0 aromatic carbocycles. The van der Waals surface area contributed by atoms with Crippen LogP contribution in [0.15, 0.2) is 36.7 Å². The normalized spacial score (nSPS) is 18.7. The van der Waals surface area contributed by atoms with E-state index in [0.717, 1.165) is 18.7 Å². The van der Waals surface area contributed by atoms with Crippen LogP contribution >= 0.6 is 0 Å². The van der Waals surface area contributed by atoms with Crippen LogP contribution in [0.4, 0.5) is 0 Å². The monoisotopic (exact) mass is 364 g/mol. The lowest BCUT2D eigenvalue weighted by atomic mass is 10.1. The summed E-state index contributed by atoms with van der Waals surface area (Å²) in [6, 6.07) is -0.204. The van der Waals surface area contributed by atoms with Crippen LogP contribution in [0.5, 0.6) is 0 Å². The first-order valence-corrected chi connectivity index (χ1v) is 9.83. The molecule has 1 saturated heterocycles. The van der Waals surface area contributed by atoms with Crippen molar-refractivity contribution in [2.75, 3.05) is 19.6 Å². The molecule has 1 heterocycles. The van der Waals surface area contributed by atoms with Gasteiger partial charge in [-0.05, 0) is 17.9 Å². The third-order valence-corrected chi connectivity index (χ3v) is 4.59. The molecule has 1 aliphatic heterocycles. The SMILES string of the molecule is C=C(N)C(=C)CNC(=O)C1CC(C)CN1C(=C)CN.CCCCCCC. The Balaban J connectivity index is 0.000000758. The third kappa shape index (κ3) is 9.09. The number of amides is 1. The van der Waals surface area contributed by atoms with Crippen molar-refractivity contribution in [3.63, 3.8) is 0 Å². The number of carbonyl (C=O) groups is 1. The van der Waals surface area contributed by atoms with Crippen molar-refractivity contribution in [2.24, 2.45) is 17.4 Å². The molecular weight excluding hydrogens is 324 g/mol. The van der Waals surface area contributed by atoms with Crippen molar-refractivity contribution in [1.82, 2.24) is 10.2 Å². The van der Waals surface area contributed by atoms with E-state index in [0.29, 0.717) is 30.3 Å². The molecule has 0 aromatic rings. The molecule has 0 spiro atoms. The van der Waals surface area contributed by atoms with E-state index >= 15 is 0 Å². The van der Waals surface area contributed by atoms with E-state index in [1.54, 1.807) is 0 Å². The fourth-order valence-electron chi connectivity index (χ4n) is 2.86. The van der Waals surface area contributed by atoms with Crippen LogP contribution in [0.2, 0.25) is 0 Å². The van der Waals surface area contributed by atoms with Gasteiger partial charge in [0, 0.05) is 31.0 Å². The molecule has 1 rings (SSSR count). The Morgan fingerprint density at radius 3 is 2.19 bits per heavy atom. The molecular formula is C21H40N4O. The lowest BCUT2D eigenvalue weighted by Gasteiger charge is -2.27. The number of carbonyl (C=O) groups excluding carboxylic acids is 1. The lowest BCUT2D eigenvalue weighted by Crippen LogP contribution is -2.44. The zero-order valence-corrected chi connectivity index (χ0v) is 17.2. The van der Waals surface area contributed by atoms with Crippen LogP contribution < -0.4 is 16.8 Å². The number of nitrogens with one attached hydrogen (secondary N) is 1. The maximum atomic E-state index is 12.2. The van der Waals surface area contributed by atoms with Crippen molar-refractivity contribution in [3.8, 4) is 0 Å². The van der Waals surface area contributed by atoms with Gasteiger partial charge in [0.1, 0.15) is 6.04 Å². The van der Waals surface area contributed by atoms with E-state index in [2.05, 4.69) is 45.8 Å². The zero-order valence-electron chi connectivity index (χ0n) is 17.2. The fourth-order valence-corrected chi connectivity index (χ4v) is 2.86. The van der Waals surface area contributed by atoms with Gasteiger partial charge >= 0.3 is 0 Å². The van der Waals surface area contributed by atoms with Crippen molar-refractivity contribution in [3.05, 3.63) is 36.7 Å². The van der Waals surface area contributed by atoms with Gasteiger partial charge in [0.25, 0.3) is 0 Å². The zero-order chi connectivity index (χ0) is 20.1. The average Bonchev–Trinajstić information content (AvgIpc) is 3.01. The van der Waals surface area contributed by atoms with Crippen LogP contribution in [0.3, 0.4) is 0 Å². The molecule has 2 atom stereocenters. The van der Waals surface area contributed by atoms with Crippen LogP contribution in [0, 0.1) is 5.92 Å². The summed E-state index contributed by atoms with van der Waals surface area (Å²) in [4.78, 5) is 14.2. The molecule has 0 saturated carbocycles. The Morgan fingerprint density at radius 2 is 1.73 bits per heavy atom. The maximum Gasteiger partial charge on any atom is 0.242 e. The smallest absolute Gasteiger partial charge is 0.242 e. The van der Waals surface area contributed by atoms with Gasteiger partial charge in [-0.1, -0.05) is 72.6 Å². The average molecular weight is 365 g/mol. The molecule has 1 amide bonds. The minimum absolute atomic E-state index is 0.0404. The fraction of sp³-hybridized carbons (Fsp3) is 0.667. The van der Waals surface area contributed by atoms with Gasteiger partial charge in [0.05, 0.1) is 0 Å². The topological polar surface area (TPSA) is 84.4 Å². The number of hydrogen-bond acceptors (Lipinski definition) is 4. The number of likely N-dealkylation sites (tertiary alicyclic amines) is 1. The van der Waals surface area contributed by atoms with Gasteiger partial charge < -0.3 is 21.7 Å².